The molecule has 0 aliphatic heterocycles. The van der Waals surface area contributed by atoms with E-state index in [-0.39, 0.29) is 6.04 Å². The van der Waals surface area contributed by atoms with Crippen LogP contribution in [0.5, 0.6) is 0 Å². The number of hydrogen-bond acceptors (Lipinski definition) is 5. The van der Waals surface area contributed by atoms with Crippen molar-refractivity contribution in [1.29, 1.82) is 0 Å². The Hall–Kier alpha value is -2.21. The third kappa shape index (κ3) is 2.95. The van der Waals surface area contributed by atoms with Crippen LogP contribution in [-0.4, -0.2) is 20.2 Å². The molecule has 0 spiro atoms. The van der Waals surface area contributed by atoms with Gasteiger partial charge in [0.1, 0.15) is 6.33 Å². The Morgan fingerprint density at radius 1 is 1.19 bits per heavy atom. The number of hydrogen-bond donors (Lipinski definition) is 1. The number of nitrogens with zero attached hydrogens (tertiary/aromatic N) is 4. The first kappa shape index (κ1) is 13.8. The molecule has 2 heterocycles. The zero-order chi connectivity index (χ0) is 14.8. The molecule has 1 atom stereocenters. The predicted molar refractivity (Wildman–Crippen MR) is 85.0 cm³/mol. The number of thiophene rings is 1. The average molecular weight is 299 g/mol. The zero-order valence-corrected chi connectivity index (χ0v) is 13.1. The van der Waals surface area contributed by atoms with E-state index >= 15 is 0 Å². The molecule has 1 aromatic carbocycles. The monoisotopic (exact) mass is 299 g/mol. The van der Waals surface area contributed by atoms with Crippen LogP contribution >= 0.6 is 11.3 Å². The third-order valence-electron chi connectivity index (χ3n) is 3.41. The van der Waals surface area contributed by atoms with Gasteiger partial charge in [0.25, 0.3) is 0 Å². The molecule has 0 radical (unpaired) electrons. The van der Waals surface area contributed by atoms with Crippen molar-refractivity contribution >= 4 is 17.0 Å². The van der Waals surface area contributed by atoms with Crippen molar-refractivity contribution in [3.05, 3.63) is 52.0 Å². The maximum atomic E-state index is 3.88. The zero-order valence-electron chi connectivity index (χ0n) is 12.2. The topological polar surface area (TPSA) is 55.6 Å². The van der Waals surface area contributed by atoms with Gasteiger partial charge in [-0.05, 0) is 67.1 Å². The van der Waals surface area contributed by atoms with Gasteiger partial charge in [0.15, 0.2) is 0 Å². The summed E-state index contributed by atoms with van der Waals surface area (Å²) in [6.07, 6.45) is 1.59. The summed E-state index contributed by atoms with van der Waals surface area (Å²) in [5.41, 5.74) is 3.39. The number of tetrazole rings is 1. The summed E-state index contributed by atoms with van der Waals surface area (Å²) >= 11 is 1.84. The predicted octanol–water partition coefficient (Wildman–Crippen LogP) is 3.51. The van der Waals surface area contributed by atoms with E-state index in [9.17, 15) is 0 Å². The standard InChI is InChI=1S/C15H17N5S/c1-10-8-15(12(3)21-10)11(2)17-13-4-6-14(7-5-13)20-9-16-18-19-20/h4-9,11,17H,1-3H3. The van der Waals surface area contributed by atoms with Crippen LogP contribution in [-0.2, 0) is 0 Å². The first-order chi connectivity index (χ1) is 10.1. The Morgan fingerprint density at radius 2 is 1.95 bits per heavy atom. The molecule has 1 N–H and O–H groups in total. The largest absolute Gasteiger partial charge is 0.378 e. The van der Waals surface area contributed by atoms with Gasteiger partial charge < -0.3 is 5.32 Å². The molecule has 6 heteroatoms. The fourth-order valence-electron chi connectivity index (χ4n) is 2.40. The van der Waals surface area contributed by atoms with Crippen LogP contribution in [0.3, 0.4) is 0 Å². The van der Waals surface area contributed by atoms with Crippen molar-refractivity contribution in [3.63, 3.8) is 0 Å². The molecule has 1 unspecified atom stereocenters. The highest BCUT2D eigenvalue weighted by Crippen LogP contribution is 2.28. The number of rotatable bonds is 4. The number of aromatic nitrogens is 4. The number of aryl methyl sites for hydroxylation is 2. The van der Waals surface area contributed by atoms with Crippen LogP contribution in [0.2, 0.25) is 0 Å². The summed E-state index contributed by atoms with van der Waals surface area (Å²) in [5.74, 6) is 0. The highest BCUT2D eigenvalue weighted by molar-refractivity contribution is 7.12. The average Bonchev–Trinajstić information content (AvgIpc) is 3.09. The van der Waals surface area contributed by atoms with Crippen molar-refractivity contribution in [1.82, 2.24) is 20.2 Å². The van der Waals surface area contributed by atoms with Crippen LogP contribution in [0, 0.1) is 13.8 Å². The SMILES string of the molecule is Cc1cc(C(C)Nc2ccc(-n3cnnn3)cc2)c(C)s1. The lowest BCUT2D eigenvalue weighted by molar-refractivity contribution is 0.789. The van der Waals surface area contributed by atoms with E-state index in [2.05, 4.69) is 47.7 Å². The molecule has 3 aromatic rings. The number of anilines is 1. The smallest absolute Gasteiger partial charge is 0.143 e. The van der Waals surface area contributed by atoms with E-state index in [4.69, 9.17) is 0 Å². The Bertz CT molecular complexity index is 715. The van der Waals surface area contributed by atoms with E-state index < -0.39 is 0 Å². The van der Waals surface area contributed by atoms with Crippen molar-refractivity contribution in [2.24, 2.45) is 0 Å². The van der Waals surface area contributed by atoms with Gasteiger partial charge in [0, 0.05) is 21.5 Å². The van der Waals surface area contributed by atoms with Crippen molar-refractivity contribution in [3.8, 4) is 5.69 Å². The molecule has 21 heavy (non-hydrogen) atoms. The highest BCUT2D eigenvalue weighted by Gasteiger charge is 2.11. The molecule has 5 nitrogen and oxygen atoms in total. The lowest BCUT2D eigenvalue weighted by atomic mass is 10.1. The van der Waals surface area contributed by atoms with Crippen LogP contribution in [0.4, 0.5) is 5.69 Å². The maximum absolute atomic E-state index is 3.88. The summed E-state index contributed by atoms with van der Waals surface area (Å²) in [4.78, 5) is 2.72. The minimum Gasteiger partial charge on any atom is -0.378 e. The van der Waals surface area contributed by atoms with Crippen LogP contribution < -0.4 is 5.32 Å². The number of benzene rings is 1. The van der Waals surface area contributed by atoms with Crippen LogP contribution in [0.1, 0.15) is 28.3 Å². The molecule has 0 bridgehead atoms. The van der Waals surface area contributed by atoms with Crippen LogP contribution in [0.15, 0.2) is 36.7 Å². The summed E-state index contributed by atoms with van der Waals surface area (Å²) in [6, 6.07) is 10.6. The second kappa shape index (κ2) is 5.65. The van der Waals surface area contributed by atoms with E-state index in [1.165, 1.54) is 15.3 Å². The van der Waals surface area contributed by atoms with Gasteiger partial charge in [-0.3, -0.25) is 0 Å². The summed E-state index contributed by atoms with van der Waals surface area (Å²) in [5, 5.41) is 14.7. The number of nitrogens with one attached hydrogen (secondary N) is 1. The van der Waals surface area contributed by atoms with E-state index in [0.717, 1.165) is 11.4 Å². The second-order valence-electron chi connectivity index (χ2n) is 5.04. The van der Waals surface area contributed by atoms with Crippen molar-refractivity contribution < 1.29 is 0 Å². The first-order valence-electron chi connectivity index (χ1n) is 6.80. The summed E-state index contributed by atoms with van der Waals surface area (Å²) < 4.78 is 1.64. The lowest BCUT2D eigenvalue weighted by Crippen LogP contribution is -2.06. The van der Waals surface area contributed by atoms with Gasteiger partial charge in [0.2, 0.25) is 0 Å². The molecule has 108 valence electrons. The third-order valence-corrected chi connectivity index (χ3v) is 4.39. The molecule has 0 fully saturated rings. The molecular weight excluding hydrogens is 282 g/mol. The lowest BCUT2D eigenvalue weighted by Gasteiger charge is -2.15. The Balaban J connectivity index is 1.74. The van der Waals surface area contributed by atoms with E-state index in [0.29, 0.717) is 0 Å². The van der Waals surface area contributed by atoms with Gasteiger partial charge in [0.05, 0.1) is 5.69 Å². The molecule has 0 saturated heterocycles. The minimum atomic E-state index is 0.286. The molecule has 2 aromatic heterocycles. The quantitative estimate of drug-likeness (QED) is 0.801. The van der Waals surface area contributed by atoms with Gasteiger partial charge in [-0.1, -0.05) is 0 Å². The van der Waals surface area contributed by atoms with Crippen molar-refractivity contribution in [2.75, 3.05) is 5.32 Å². The molecule has 0 aliphatic rings. The van der Waals surface area contributed by atoms with Crippen molar-refractivity contribution in [2.45, 2.75) is 26.8 Å². The summed E-state index contributed by atoms with van der Waals surface area (Å²) in [7, 11) is 0. The molecule has 0 amide bonds. The van der Waals surface area contributed by atoms with Gasteiger partial charge in [-0.2, -0.15) is 0 Å². The minimum absolute atomic E-state index is 0.286. The normalized spacial score (nSPS) is 12.3. The maximum Gasteiger partial charge on any atom is 0.143 e. The Labute approximate surface area is 127 Å². The van der Waals surface area contributed by atoms with E-state index in [1.807, 2.05) is 35.6 Å². The van der Waals surface area contributed by atoms with Gasteiger partial charge >= 0.3 is 0 Å². The Morgan fingerprint density at radius 3 is 2.52 bits per heavy atom. The Kier molecular flexibility index (Phi) is 3.70. The first-order valence-corrected chi connectivity index (χ1v) is 7.62. The van der Waals surface area contributed by atoms with Gasteiger partial charge in [-0.25, -0.2) is 4.68 Å². The molecule has 0 saturated carbocycles. The molecule has 3 rings (SSSR count). The van der Waals surface area contributed by atoms with E-state index in [1.54, 1.807) is 11.0 Å². The fraction of sp³-hybridized carbons (Fsp3) is 0.267. The van der Waals surface area contributed by atoms with Crippen LogP contribution in [0.25, 0.3) is 5.69 Å². The highest BCUT2D eigenvalue weighted by atomic mass is 32.1. The molecule has 0 aliphatic carbocycles. The molecular formula is C15H17N5S. The summed E-state index contributed by atoms with van der Waals surface area (Å²) in [6.45, 7) is 6.50. The van der Waals surface area contributed by atoms with Gasteiger partial charge in [-0.15, -0.1) is 16.4 Å². The second-order valence-corrected chi connectivity index (χ2v) is 6.50. The fourth-order valence-corrected chi connectivity index (χ4v) is 3.42.